The zero-order valence-electron chi connectivity index (χ0n) is 11.7. The maximum Gasteiger partial charge on any atom is 0.262 e. The van der Waals surface area contributed by atoms with E-state index in [0.717, 1.165) is 10.6 Å². The lowest BCUT2D eigenvalue weighted by molar-refractivity contribution is 0.0729. The number of morpholine rings is 1. The molecule has 1 aliphatic rings. The van der Waals surface area contributed by atoms with Crippen molar-refractivity contribution >= 4 is 21.4 Å². The molecule has 21 heavy (non-hydrogen) atoms. The summed E-state index contributed by atoms with van der Waals surface area (Å²) in [6.07, 6.45) is 0. The molecule has 0 aliphatic carbocycles. The van der Waals surface area contributed by atoms with E-state index >= 15 is 0 Å². The Bertz CT molecular complexity index is 720. The molecule has 0 amide bonds. The molecule has 0 radical (unpaired) electrons. The highest BCUT2D eigenvalue weighted by Gasteiger charge is 2.31. The summed E-state index contributed by atoms with van der Waals surface area (Å²) in [4.78, 5) is 4.99. The monoisotopic (exact) mass is 324 g/mol. The molecule has 1 aromatic heterocycles. The van der Waals surface area contributed by atoms with Gasteiger partial charge in [-0.3, -0.25) is 0 Å². The molecule has 3 rings (SSSR count). The third kappa shape index (κ3) is 2.87. The van der Waals surface area contributed by atoms with E-state index in [-0.39, 0.29) is 5.03 Å². The molecule has 0 atom stereocenters. The van der Waals surface area contributed by atoms with Gasteiger partial charge in [0.2, 0.25) is 0 Å². The number of nitrogens with zero attached hydrogens (tertiary/aromatic N) is 2. The van der Waals surface area contributed by atoms with Gasteiger partial charge in [-0.2, -0.15) is 4.31 Å². The highest BCUT2D eigenvalue weighted by molar-refractivity contribution is 7.89. The van der Waals surface area contributed by atoms with Crippen molar-refractivity contribution < 1.29 is 13.2 Å². The molecule has 1 fully saturated rings. The summed E-state index contributed by atoms with van der Waals surface area (Å²) in [6, 6.07) is 9.52. The molecular formula is C14H16N2O3S2. The van der Waals surface area contributed by atoms with E-state index in [4.69, 9.17) is 4.74 Å². The smallest absolute Gasteiger partial charge is 0.262 e. The SMILES string of the molecule is Cc1nc(S(=O)(=O)N2CCOCC2)c(-c2ccccc2)s1. The Morgan fingerprint density at radius 1 is 1.19 bits per heavy atom. The Morgan fingerprint density at radius 2 is 1.86 bits per heavy atom. The van der Waals surface area contributed by atoms with Crippen LogP contribution >= 0.6 is 11.3 Å². The van der Waals surface area contributed by atoms with Crippen LogP contribution in [0, 0.1) is 6.92 Å². The van der Waals surface area contributed by atoms with Crippen LogP contribution in [-0.2, 0) is 14.8 Å². The third-order valence-corrected chi connectivity index (χ3v) is 6.27. The van der Waals surface area contributed by atoms with Crippen molar-refractivity contribution in [2.45, 2.75) is 11.9 Å². The number of hydrogen-bond donors (Lipinski definition) is 0. The number of aromatic nitrogens is 1. The maximum absolute atomic E-state index is 12.8. The summed E-state index contributed by atoms with van der Waals surface area (Å²) in [6.45, 7) is 3.46. The largest absolute Gasteiger partial charge is 0.379 e. The summed E-state index contributed by atoms with van der Waals surface area (Å²) in [7, 11) is -3.57. The fourth-order valence-electron chi connectivity index (χ4n) is 2.26. The van der Waals surface area contributed by atoms with E-state index < -0.39 is 10.0 Å². The zero-order chi connectivity index (χ0) is 14.9. The van der Waals surface area contributed by atoms with Crippen LogP contribution in [0.15, 0.2) is 35.4 Å². The van der Waals surface area contributed by atoms with Crippen LogP contribution < -0.4 is 0 Å². The molecular weight excluding hydrogens is 308 g/mol. The molecule has 112 valence electrons. The van der Waals surface area contributed by atoms with Crippen LogP contribution in [0.25, 0.3) is 10.4 Å². The van der Waals surface area contributed by atoms with Crippen molar-refractivity contribution in [3.63, 3.8) is 0 Å². The van der Waals surface area contributed by atoms with Crippen LogP contribution in [0.2, 0.25) is 0 Å². The molecule has 2 heterocycles. The minimum Gasteiger partial charge on any atom is -0.379 e. The molecule has 0 N–H and O–H groups in total. The van der Waals surface area contributed by atoms with E-state index in [1.54, 1.807) is 0 Å². The Morgan fingerprint density at radius 3 is 2.52 bits per heavy atom. The summed E-state index contributed by atoms with van der Waals surface area (Å²) in [5.74, 6) is 0. The predicted molar refractivity (Wildman–Crippen MR) is 81.9 cm³/mol. The summed E-state index contributed by atoms with van der Waals surface area (Å²) >= 11 is 1.41. The number of rotatable bonds is 3. The average molecular weight is 324 g/mol. The summed E-state index contributed by atoms with van der Waals surface area (Å²) in [5.41, 5.74) is 0.884. The first-order valence-corrected chi connectivity index (χ1v) is 8.95. The molecule has 0 unspecified atom stereocenters. The highest BCUT2D eigenvalue weighted by Crippen LogP contribution is 2.34. The van der Waals surface area contributed by atoms with Crippen LogP contribution in [0.3, 0.4) is 0 Å². The predicted octanol–water partition coefficient (Wildman–Crippen LogP) is 2.14. The van der Waals surface area contributed by atoms with Crippen LogP contribution in [0.1, 0.15) is 5.01 Å². The van der Waals surface area contributed by atoms with Gasteiger partial charge in [0, 0.05) is 13.1 Å². The first kappa shape index (κ1) is 14.6. The van der Waals surface area contributed by atoms with Crippen molar-refractivity contribution in [1.82, 2.24) is 9.29 Å². The number of ether oxygens (including phenoxy) is 1. The van der Waals surface area contributed by atoms with Gasteiger partial charge in [-0.1, -0.05) is 30.3 Å². The van der Waals surface area contributed by atoms with Crippen molar-refractivity contribution in [3.8, 4) is 10.4 Å². The molecule has 2 aromatic rings. The second-order valence-corrected chi connectivity index (χ2v) is 7.81. The van der Waals surface area contributed by atoms with E-state index in [9.17, 15) is 8.42 Å². The minimum atomic E-state index is -3.57. The lowest BCUT2D eigenvalue weighted by Gasteiger charge is -2.25. The van der Waals surface area contributed by atoms with Gasteiger partial charge in [0.25, 0.3) is 10.0 Å². The molecule has 0 bridgehead atoms. The van der Waals surface area contributed by atoms with Gasteiger partial charge in [0.1, 0.15) is 0 Å². The standard InChI is InChI=1S/C14H16N2O3S2/c1-11-15-14(13(20-11)12-5-3-2-4-6-12)21(17,18)16-7-9-19-10-8-16/h2-6H,7-10H2,1H3. The number of thiazole rings is 1. The Balaban J connectivity index is 2.06. The van der Waals surface area contributed by atoms with E-state index in [0.29, 0.717) is 31.2 Å². The highest BCUT2D eigenvalue weighted by atomic mass is 32.2. The number of sulfonamides is 1. The lowest BCUT2D eigenvalue weighted by Crippen LogP contribution is -2.40. The Kier molecular flexibility index (Phi) is 4.08. The van der Waals surface area contributed by atoms with Gasteiger partial charge in [-0.15, -0.1) is 11.3 Å². The van der Waals surface area contributed by atoms with E-state index in [1.807, 2.05) is 37.3 Å². The van der Waals surface area contributed by atoms with Gasteiger partial charge in [0.05, 0.1) is 23.1 Å². The Labute approximate surface area is 128 Å². The van der Waals surface area contributed by atoms with Crippen molar-refractivity contribution in [1.29, 1.82) is 0 Å². The molecule has 7 heteroatoms. The average Bonchev–Trinajstić information content (AvgIpc) is 2.92. The van der Waals surface area contributed by atoms with Crippen LogP contribution in [-0.4, -0.2) is 44.0 Å². The molecule has 0 saturated carbocycles. The molecule has 0 spiro atoms. The molecule has 1 saturated heterocycles. The van der Waals surface area contributed by atoms with Gasteiger partial charge >= 0.3 is 0 Å². The van der Waals surface area contributed by atoms with E-state index in [1.165, 1.54) is 15.6 Å². The summed E-state index contributed by atoms with van der Waals surface area (Å²) < 4.78 is 32.3. The molecule has 1 aromatic carbocycles. The van der Waals surface area contributed by atoms with Crippen LogP contribution in [0.5, 0.6) is 0 Å². The normalized spacial score (nSPS) is 17.0. The molecule has 1 aliphatic heterocycles. The number of benzene rings is 1. The van der Waals surface area contributed by atoms with Gasteiger partial charge < -0.3 is 4.74 Å². The minimum absolute atomic E-state index is 0.165. The van der Waals surface area contributed by atoms with Crippen LogP contribution in [0.4, 0.5) is 0 Å². The van der Waals surface area contributed by atoms with Gasteiger partial charge in [-0.05, 0) is 12.5 Å². The maximum atomic E-state index is 12.8. The first-order chi connectivity index (χ1) is 10.1. The Hall–Kier alpha value is -1.28. The fourth-order valence-corrected chi connectivity index (χ4v) is 5.06. The third-order valence-electron chi connectivity index (χ3n) is 3.29. The van der Waals surface area contributed by atoms with Crippen molar-refractivity contribution in [3.05, 3.63) is 35.3 Å². The lowest BCUT2D eigenvalue weighted by atomic mass is 10.2. The number of hydrogen-bond acceptors (Lipinski definition) is 5. The van der Waals surface area contributed by atoms with Crippen molar-refractivity contribution in [2.75, 3.05) is 26.3 Å². The fraction of sp³-hybridized carbons (Fsp3) is 0.357. The molecule has 5 nitrogen and oxygen atoms in total. The van der Waals surface area contributed by atoms with Gasteiger partial charge in [-0.25, -0.2) is 13.4 Å². The quantitative estimate of drug-likeness (QED) is 0.868. The summed E-state index contributed by atoms with van der Waals surface area (Å²) in [5, 5.41) is 0.916. The topological polar surface area (TPSA) is 59.5 Å². The second-order valence-electron chi connectivity index (χ2n) is 4.75. The van der Waals surface area contributed by atoms with E-state index in [2.05, 4.69) is 4.98 Å². The van der Waals surface area contributed by atoms with Crippen molar-refractivity contribution in [2.24, 2.45) is 0 Å². The zero-order valence-corrected chi connectivity index (χ0v) is 13.3. The first-order valence-electron chi connectivity index (χ1n) is 6.70. The second kappa shape index (κ2) is 5.84. The van der Waals surface area contributed by atoms with Gasteiger partial charge in [0.15, 0.2) is 5.03 Å². The number of aryl methyl sites for hydroxylation is 1.